The zero-order valence-electron chi connectivity index (χ0n) is 56.6. The number of fused-ring (bicyclic) bond motifs is 5. The molecule has 0 spiro atoms. The number of benzene rings is 10. The number of ether oxygens (including phenoxy) is 1. The largest absolute Gasteiger partial charge is 0.445 e. The predicted molar refractivity (Wildman–Crippen MR) is 358 cm³/mol. The summed E-state index contributed by atoms with van der Waals surface area (Å²) in [6, 6.07) is 68.5. The summed E-state index contributed by atoms with van der Waals surface area (Å²) in [6.07, 6.45) is 0. The van der Waals surface area contributed by atoms with E-state index in [1.165, 1.54) is 100 Å². The monoisotopic (exact) mass is 1420 g/mol. The standard InChI is InChI=1S/C31H28.C27H27NO.C26H24O2.3Y/c1-19-15-25(16-20(2)23(19)5)31(26-17-21(3)24(6)22(4)18-26)29-13-9-7-11-27(29)28-12-8-10-14-30(28)31;1-16-12-22(13-17(2)20(16)5)27(23-14-18(3)21(6)19(4)15-23)25-11-9-8-10-24(25)26(29)28(27)7;1-15-11-21(12-16(2)19(15)5)26(22-13-17(3)20(6)18(4)14-22)24-10-8-7-9-23(24)25(27)28-26;;;/h7-15,17H,1-6H3;8-12,14H,1-7H3;7-11,13H,1-6H3;;;/q3*-2;;;. The number of nitrogens with zero attached hydrogens (tertiary/aromatic N) is 1. The van der Waals surface area contributed by atoms with Gasteiger partial charge in [-0.05, 0) is 39.9 Å². The van der Waals surface area contributed by atoms with Crippen molar-refractivity contribution in [2.75, 3.05) is 7.05 Å². The molecule has 0 N–H and O–H groups in total. The van der Waals surface area contributed by atoms with E-state index in [4.69, 9.17) is 4.74 Å². The maximum Gasteiger partial charge on any atom is 0.340 e. The predicted octanol–water partition coefficient (Wildman–Crippen LogP) is 18.6. The van der Waals surface area contributed by atoms with Gasteiger partial charge in [0.1, 0.15) is 5.60 Å². The van der Waals surface area contributed by atoms with Gasteiger partial charge in [-0.1, -0.05) is 210 Å². The molecule has 1 aliphatic carbocycles. The van der Waals surface area contributed by atoms with E-state index in [2.05, 4.69) is 252 Å². The first-order valence-corrected chi connectivity index (χ1v) is 30.7. The van der Waals surface area contributed by atoms with E-state index in [-0.39, 0.29) is 110 Å². The van der Waals surface area contributed by atoms with Crippen LogP contribution in [0.2, 0.25) is 0 Å². The van der Waals surface area contributed by atoms with Gasteiger partial charge in [-0.15, -0.1) is 33.4 Å². The fourth-order valence-corrected chi connectivity index (χ4v) is 13.9. The summed E-state index contributed by atoms with van der Waals surface area (Å²) in [7, 11) is 1.90. The molecule has 91 heavy (non-hydrogen) atoms. The molecule has 3 aliphatic rings. The Morgan fingerprint density at radius 2 is 0.582 bits per heavy atom. The molecule has 13 rings (SSSR count). The van der Waals surface area contributed by atoms with Gasteiger partial charge in [0.15, 0.2) is 0 Å². The number of amides is 1. The van der Waals surface area contributed by atoms with Crippen molar-refractivity contribution < 1.29 is 112 Å². The number of hydrogen-bond acceptors (Lipinski definition) is 3. The molecule has 0 bridgehead atoms. The van der Waals surface area contributed by atoms with Crippen molar-refractivity contribution in [2.45, 2.75) is 141 Å². The van der Waals surface area contributed by atoms with Crippen molar-refractivity contribution in [3.8, 4) is 11.1 Å². The summed E-state index contributed by atoms with van der Waals surface area (Å²) >= 11 is 0. The van der Waals surface area contributed by atoms with E-state index < -0.39 is 16.6 Å². The average molecular weight is 1420 g/mol. The smallest absolute Gasteiger partial charge is 0.340 e. The summed E-state index contributed by atoms with van der Waals surface area (Å²) in [5.74, 6) is -0.265. The maximum atomic E-state index is 13.3. The molecule has 0 aromatic heterocycles. The van der Waals surface area contributed by atoms with Crippen LogP contribution >= 0.6 is 0 Å². The van der Waals surface area contributed by atoms with Crippen LogP contribution in [0, 0.1) is 161 Å². The van der Waals surface area contributed by atoms with Gasteiger partial charge in [0.25, 0.3) is 5.91 Å². The quantitative estimate of drug-likeness (QED) is 0.123. The average Bonchev–Trinajstić information content (AvgIpc) is 1.60. The van der Waals surface area contributed by atoms with E-state index >= 15 is 0 Å². The fourth-order valence-electron chi connectivity index (χ4n) is 13.9. The summed E-state index contributed by atoms with van der Waals surface area (Å²) in [6.45, 7) is 38.4. The van der Waals surface area contributed by atoms with Gasteiger partial charge in [0, 0.05) is 122 Å². The van der Waals surface area contributed by atoms with Crippen LogP contribution in [0.15, 0.2) is 133 Å². The number of rotatable bonds is 6. The topological polar surface area (TPSA) is 46.6 Å². The molecule has 0 fully saturated rings. The zero-order valence-corrected chi connectivity index (χ0v) is 65.1. The zero-order chi connectivity index (χ0) is 63.2. The first-order chi connectivity index (χ1) is 41.8. The van der Waals surface area contributed by atoms with Gasteiger partial charge >= 0.3 is 5.97 Å². The normalized spacial score (nSPS) is 14.0. The van der Waals surface area contributed by atoms with Gasteiger partial charge in [0.2, 0.25) is 0 Å². The van der Waals surface area contributed by atoms with E-state index in [1.54, 1.807) is 0 Å². The van der Waals surface area contributed by atoms with Crippen molar-refractivity contribution in [2.24, 2.45) is 0 Å². The number of carbonyl (C=O) groups excluding carboxylic acids is 2. The van der Waals surface area contributed by atoms with Gasteiger partial charge < -0.3 is 9.64 Å². The number of carbonyl (C=O) groups is 2. The third-order valence-electron chi connectivity index (χ3n) is 20.4. The Bertz CT molecular complexity index is 4190. The van der Waals surface area contributed by atoms with Crippen LogP contribution in [0.5, 0.6) is 0 Å². The molecular weight excluding hydrogens is 1340 g/mol. The van der Waals surface area contributed by atoms with E-state index in [1.807, 2.05) is 54.4 Å². The van der Waals surface area contributed by atoms with Crippen LogP contribution in [0.3, 0.4) is 0 Å². The molecule has 7 heteroatoms. The Morgan fingerprint density at radius 3 is 0.934 bits per heavy atom. The van der Waals surface area contributed by atoms with E-state index in [0.29, 0.717) is 5.56 Å². The number of aryl methyl sites for hydroxylation is 12. The number of hydrogen-bond donors (Lipinski definition) is 0. The van der Waals surface area contributed by atoms with Crippen LogP contribution in [-0.4, -0.2) is 23.8 Å². The second-order valence-electron chi connectivity index (χ2n) is 25.3. The Kier molecular flexibility index (Phi) is 21.5. The minimum absolute atomic E-state index is 0. The maximum absolute atomic E-state index is 13.3. The van der Waals surface area contributed by atoms with Crippen LogP contribution in [-0.2, 0) is 119 Å². The van der Waals surface area contributed by atoms with Crippen molar-refractivity contribution in [1.82, 2.24) is 4.90 Å². The molecule has 453 valence electrons. The number of esters is 1. The minimum atomic E-state index is -1.03. The molecule has 0 unspecified atom stereocenters. The Labute approximate surface area is 618 Å². The molecule has 2 aliphatic heterocycles. The summed E-state index contributed by atoms with van der Waals surface area (Å²) in [4.78, 5) is 28.1. The number of cyclic esters (lactones) is 1. The minimum Gasteiger partial charge on any atom is -0.445 e. The van der Waals surface area contributed by atoms with Crippen molar-refractivity contribution >= 4 is 11.9 Å². The Hall–Kier alpha value is -5.55. The molecule has 0 atom stereocenters. The SMILES string of the molecule is Cc1[c-]c(C2(c3[c-]c(C)c(C)c(C)c3)OC(=O)c3ccccc32)cc(C)c1C.Cc1[c-]c(C2(c3[c-]c(C)c(C)c(C)c3)c3ccccc3-c3ccccc32)cc(C)c1C.Cc1[c-]c(C2(c3[c-]c(C)c(C)c(C)c3)c3ccccc3C(=O)N2C)cc(C)c1C.[Y].[Y].[Y]. The summed E-state index contributed by atoms with van der Waals surface area (Å²) in [5, 5.41) is 0. The van der Waals surface area contributed by atoms with Crippen molar-refractivity contribution in [3.63, 3.8) is 0 Å². The van der Waals surface area contributed by atoms with Crippen molar-refractivity contribution in [1.29, 1.82) is 0 Å². The molecule has 0 saturated carbocycles. The van der Waals surface area contributed by atoms with Crippen molar-refractivity contribution in [3.05, 3.63) is 337 Å². The second kappa shape index (κ2) is 27.4. The van der Waals surface area contributed by atoms with Crippen LogP contribution in [0.4, 0.5) is 0 Å². The van der Waals surface area contributed by atoms with Crippen LogP contribution in [0.25, 0.3) is 11.1 Å². The van der Waals surface area contributed by atoms with Gasteiger partial charge in [-0.3, -0.25) is 4.79 Å². The summed E-state index contributed by atoms with van der Waals surface area (Å²) < 4.78 is 6.19. The first-order valence-electron chi connectivity index (χ1n) is 30.7. The second-order valence-corrected chi connectivity index (χ2v) is 25.3. The van der Waals surface area contributed by atoms with E-state index in [9.17, 15) is 9.59 Å². The molecule has 4 nitrogen and oxygen atoms in total. The van der Waals surface area contributed by atoms with E-state index in [0.717, 1.165) is 72.3 Å². The first kappa shape index (κ1) is 71.3. The van der Waals surface area contributed by atoms with Gasteiger partial charge in [0.05, 0.1) is 11.1 Å². The molecule has 3 radical (unpaired) electrons. The Balaban J connectivity index is 0.000000173. The Morgan fingerprint density at radius 1 is 0.319 bits per heavy atom. The molecular formula is C84H79NO3Y3-6. The molecule has 10 aromatic carbocycles. The molecule has 2 heterocycles. The van der Waals surface area contributed by atoms with Gasteiger partial charge in [-0.25, -0.2) is 4.79 Å². The molecule has 10 aromatic rings. The van der Waals surface area contributed by atoms with Crippen LogP contribution in [0.1, 0.15) is 176 Å². The third-order valence-corrected chi connectivity index (χ3v) is 20.4. The molecule has 1 amide bonds. The van der Waals surface area contributed by atoms with Gasteiger partial charge in [-0.2, -0.15) is 173 Å². The van der Waals surface area contributed by atoms with Crippen LogP contribution < -0.4 is 0 Å². The molecule has 0 saturated heterocycles. The fraction of sp³-hybridized carbons (Fsp3) is 0.262. The third kappa shape index (κ3) is 11.7. The summed E-state index contributed by atoms with van der Waals surface area (Å²) in [5.41, 5.74) is 34.1.